The average molecular weight is 497 g/mol. The Labute approximate surface area is 211 Å². The van der Waals surface area contributed by atoms with Crippen molar-refractivity contribution in [2.45, 2.75) is 25.7 Å². The van der Waals surface area contributed by atoms with Gasteiger partial charge in [-0.25, -0.2) is 0 Å². The molecule has 2 aromatic carbocycles. The van der Waals surface area contributed by atoms with Gasteiger partial charge in [-0.2, -0.15) is 0 Å². The Morgan fingerprint density at radius 2 is 1.71 bits per heavy atom. The second kappa shape index (κ2) is 13.6. The monoisotopic (exact) mass is 496 g/mol. The van der Waals surface area contributed by atoms with Crippen LogP contribution < -0.4 is 10.6 Å². The highest BCUT2D eigenvalue weighted by molar-refractivity contribution is 7.80. The number of likely N-dealkylation sites (N-methyl/N-ethyl adjacent to an activating group) is 1. The standard InChI is InChI=1S/C26H32N4O4S/c1-29-14-16-30(17-15-29)25(33)21-10-5-11-22(19-21)27-26(35)28-23(31)12-13-24(32)34-18-6-9-20-7-3-2-4-8-20/h2-5,7-8,10-11,19H,6,9,12-18H2,1H3,(H2,27,28,31,35). The van der Waals surface area contributed by atoms with Gasteiger partial charge >= 0.3 is 5.97 Å². The minimum Gasteiger partial charge on any atom is -0.466 e. The van der Waals surface area contributed by atoms with Gasteiger partial charge in [0.25, 0.3) is 5.91 Å². The molecule has 8 nitrogen and oxygen atoms in total. The van der Waals surface area contributed by atoms with E-state index in [0.717, 1.165) is 25.9 Å². The number of rotatable bonds is 9. The summed E-state index contributed by atoms with van der Waals surface area (Å²) < 4.78 is 5.20. The summed E-state index contributed by atoms with van der Waals surface area (Å²) in [5.41, 5.74) is 2.36. The Morgan fingerprint density at radius 3 is 2.46 bits per heavy atom. The fraction of sp³-hybridized carbons (Fsp3) is 0.385. The van der Waals surface area contributed by atoms with Gasteiger partial charge in [-0.15, -0.1) is 0 Å². The quantitative estimate of drug-likeness (QED) is 0.313. The summed E-state index contributed by atoms with van der Waals surface area (Å²) >= 11 is 5.21. The van der Waals surface area contributed by atoms with Crippen molar-refractivity contribution in [2.75, 3.05) is 45.2 Å². The summed E-state index contributed by atoms with van der Waals surface area (Å²) in [7, 11) is 2.04. The van der Waals surface area contributed by atoms with Crippen molar-refractivity contribution >= 4 is 40.8 Å². The number of benzene rings is 2. The molecular formula is C26H32N4O4S. The van der Waals surface area contributed by atoms with E-state index in [9.17, 15) is 14.4 Å². The number of carbonyl (C=O) groups is 3. The van der Waals surface area contributed by atoms with Crippen molar-refractivity contribution in [3.05, 3.63) is 65.7 Å². The first-order valence-electron chi connectivity index (χ1n) is 11.8. The van der Waals surface area contributed by atoms with Gasteiger partial charge in [0.2, 0.25) is 5.91 Å². The van der Waals surface area contributed by atoms with Crippen LogP contribution in [0.25, 0.3) is 0 Å². The largest absolute Gasteiger partial charge is 0.466 e. The minimum absolute atomic E-state index is 0.0191. The zero-order chi connectivity index (χ0) is 25.0. The summed E-state index contributed by atoms with van der Waals surface area (Å²) in [4.78, 5) is 40.8. The number of hydrogen-bond donors (Lipinski definition) is 2. The Hall–Kier alpha value is -3.30. The molecular weight excluding hydrogens is 464 g/mol. The number of anilines is 1. The van der Waals surface area contributed by atoms with E-state index >= 15 is 0 Å². The second-order valence-corrected chi connectivity index (χ2v) is 8.90. The molecule has 0 aliphatic carbocycles. The van der Waals surface area contributed by atoms with Crippen molar-refractivity contribution in [1.82, 2.24) is 15.1 Å². The lowest BCUT2D eigenvalue weighted by Crippen LogP contribution is -2.47. The smallest absolute Gasteiger partial charge is 0.306 e. The highest BCUT2D eigenvalue weighted by atomic mass is 32.1. The first-order chi connectivity index (χ1) is 16.9. The number of nitrogens with zero attached hydrogens (tertiary/aromatic N) is 2. The van der Waals surface area contributed by atoms with Crippen LogP contribution >= 0.6 is 12.2 Å². The normalized spacial score (nSPS) is 13.7. The van der Waals surface area contributed by atoms with Crippen LogP contribution in [0.5, 0.6) is 0 Å². The molecule has 0 unspecified atom stereocenters. The van der Waals surface area contributed by atoms with Crippen LogP contribution in [-0.4, -0.2) is 72.5 Å². The van der Waals surface area contributed by atoms with E-state index < -0.39 is 5.97 Å². The molecule has 186 valence electrons. The van der Waals surface area contributed by atoms with E-state index in [1.54, 1.807) is 24.3 Å². The summed E-state index contributed by atoms with van der Waals surface area (Å²) in [6, 6.07) is 17.0. The van der Waals surface area contributed by atoms with Gasteiger partial charge in [-0.1, -0.05) is 36.4 Å². The molecule has 1 heterocycles. The highest BCUT2D eigenvalue weighted by Gasteiger charge is 2.20. The maximum absolute atomic E-state index is 12.8. The molecule has 0 atom stereocenters. The predicted octanol–water partition coefficient (Wildman–Crippen LogP) is 2.84. The van der Waals surface area contributed by atoms with E-state index in [-0.39, 0.29) is 29.8 Å². The lowest BCUT2D eigenvalue weighted by molar-refractivity contribution is -0.145. The van der Waals surface area contributed by atoms with Gasteiger partial charge in [-0.05, 0) is 55.9 Å². The second-order valence-electron chi connectivity index (χ2n) is 8.49. The van der Waals surface area contributed by atoms with E-state index in [2.05, 4.69) is 15.5 Å². The topological polar surface area (TPSA) is 91.0 Å². The summed E-state index contributed by atoms with van der Waals surface area (Å²) in [5.74, 6) is -0.824. The molecule has 9 heteroatoms. The highest BCUT2D eigenvalue weighted by Crippen LogP contribution is 2.14. The third-order valence-electron chi connectivity index (χ3n) is 5.68. The number of carbonyl (C=O) groups excluding carboxylic acids is 3. The van der Waals surface area contributed by atoms with Crippen LogP contribution in [0.1, 0.15) is 35.2 Å². The number of piperazine rings is 1. The fourth-order valence-corrected chi connectivity index (χ4v) is 3.90. The maximum Gasteiger partial charge on any atom is 0.306 e. The number of hydrogen-bond acceptors (Lipinski definition) is 6. The molecule has 1 aliphatic rings. The molecule has 0 saturated carbocycles. The maximum atomic E-state index is 12.8. The van der Waals surface area contributed by atoms with Crippen LogP contribution in [0.3, 0.4) is 0 Å². The predicted molar refractivity (Wildman–Crippen MR) is 139 cm³/mol. The summed E-state index contributed by atoms with van der Waals surface area (Å²) in [5, 5.41) is 5.60. The molecule has 2 amide bonds. The molecule has 0 spiro atoms. The van der Waals surface area contributed by atoms with Gasteiger partial charge in [0, 0.05) is 43.9 Å². The molecule has 1 fully saturated rings. The number of nitrogens with one attached hydrogen (secondary N) is 2. The molecule has 2 N–H and O–H groups in total. The Kier molecular flexibility index (Phi) is 10.2. The van der Waals surface area contributed by atoms with Gasteiger partial charge in [0.15, 0.2) is 5.11 Å². The molecule has 1 aliphatic heterocycles. The van der Waals surface area contributed by atoms with Crippen LogP contribution in [0.4, 0.5) is 5.69 Å². The van der Waals surface area contributed by atoms with E-state index in [1.165, 1.54) is 5.56 Å². The van der Waals surface area contributed by atoms with Gasteiger partial charge in [0.1, 0.15) is 0 Å². The van der Waals surface area contributed by atoms with Crippen LogP contribution in [0, 0.1) is 0 Å². The van der Waals surface area contributed by atoms with Crippen molar-refractivity contribution in [1.29, 1.82) is 0 Å². The van der Waals surface area contributed by atoms with E-state index in [0.29, 0.717) is 30.9 Å². The number of thiocarbonyl (C=S) groups is 1. The van der Waals surface area contributed by atoms with Crippen LogP contribution in [-0.2, 0) is 20.7 Å². The molecule has 0 radical (unpaired) electrons. The van der Waals surface area contributed by atoms with Crippen molar-refractivity contribution in [3.8, 4) is 0 Å². The molecule has 1 saturated heterocycles. The zero-order valence-electron chi connectivity index (χ0n) is 20.0. The SMILES string of the molecule is CN1CCN(C(=O)c2cccc(NC(=S)NC(=O)CCC(=O)OCCCc3ccccc3)c2)CC1. The van der Waals surface area contributed by atoms with Gasteiger partial charge in [0.05, 0.1) is 13.0 Å². The molecule has 0 bridgehead atoms. The van der Waals surface area contributed by atoms with Crippen molar-refractivity contribution in [3.63, 3.8) is 0 Å². The first-order valence-corrected chi connectivity index (χ1v) is 12.2. The third-order valence-corrected chi connectivity index (χ3v) is 5.89. The molecule has 0 aromatic heterocycles. The van der Waals surface area contributed by atoms with Crippen LogP contribution in [0.2, 0.25) is 0 Å². The number of aryl methyl sites for hydroxylation is 1. The fourth-order valence-electron chi connectivity index (χ4n) is 3.67. The number of ether oxygens (including phenoxy) is 1. The molecule has 35 heavy (non-hydrogen) atoms. The first kappa shape index (κ1) is 26.3. The van der Waals surface area contributed by atoms with Crippen LogP contribution in [0.15, 0.2) is 54.6 Å². The number of amides is 2. The zero-order valence-corrected chi connectivity index (χ0v) is 20.8. The van der Waals surface area contributed by atoms with Gasteiger partial charge in [-0.3, -0.25) is 14.4 Å². The van der Waals surface area contributed by atoms with Crippen molar-refractivity contribution < 1.29 is 19.1 Å². The summed E-state index contributed by atoms with van der Waals surface area (Å²) in [6.07, 6.45) is 1.51. The average Bonchev–Trinajstić information content (AvgIpc) is 2.86. The lowest BCUT2D eigenvalue weighted by atomic mass is 10.1. The van der Waals surface area contributed by atoms with Crippen molar-refractivity contribution in [2.24, 2.45) is 0 Å². The molecule has 2 aromatic rings. The Morgan fingerprint density at radius 1 is 0.971 bits per heavy atom. The van der Waals surface area contributed by atoms with E-state index in [1.807, 2.05) is 42.3 Å². The summed E-state index contributed by atoms with van der Waals surface area (Å²) in [6.45, 7) is 3.40. The van der Waals surface area contributed by atoms with E-state index in [4.69, 9.17) is 17.0 Å². The third kappa shape index (κ3) is 9.11. The van der Waals surface area contributed by atoms with Gasteiger partial charge < -0.3 is 25.2 Å². The lowest BCUT2D eigenvalue weighted by Gasteiger charge is -2.32. The minimum atomic E-state index is -0.415. The number of esters is 1. The Bertz CT molecular complexity index is 1020. The Balaban J connectivity index is 1.35. The molecule has 3 rings (SSSR count).